The van der Waals surface area contributed by atoms with Crippen LogP contribution in [-0.2, 0) is 10.0 Å². The smallest absolute Gasteiger partial charge is 0.263 e. The predicted molar refractivity (Wildman–Crippen MR) is 112 cm³/mol. The van der Waals surface area contributed by atoms with Gasteiger partial charge in [-0.2, -0.15) is 0 Å². The molecule has 3 rings (SSSR count). The zero-order valence-electron chi connectivity index (χ0n) is 16.1. The second kappa shape index (κ2) is 8.31. The van der Waals surface area contributed by atoms with Crippen LogP contribution in [0.1, 0.15) is 18.1 Å². The van der Waals surface area contributed by atoms with Gasteiger partial charge in [-0.25, -0.2) is 13.4 Å². The number of aryl methyl sites for hydroxylation is 2. The molecular formula is C21H23N3O3S. The van der Waals surface area contributed by atoms with Gasteiger partial charge in [0.05, 0.1) is 29.1 Å². The molecule has 0 unspecified atom stereocenters. The number of para-hydroxylation sites is 2. The third kappa shape index (κ3) is 4.61. The Morgan fingerprint density at radius 1 is 1.04 bits per heavy atom. The molecule has 7 heteroatoms. The van der Waals surface area contributed by atoms with E-state index in [-0.39, 0.29) is 10.7 Å². The molecular weight excluding hydrogens is 374 g/mol. The number of benzene rings is 2. The summed E-state index contributed by atoms with van der Waals surface area (Å²) < 4.78 is 33.5. The Balaban J connectivity index is 1.77. The third-order valence-electron chi connectivity index (χ3n) is 4.10. The van der Waals surface area contributed by atoms with Crippen molar-refractivity contribution in [3.63, 3.8) is 0 Å². The number of sulfonamides is 1. The Bertz CT molecular complexity index is 1060. The third-order valence-corrected chi connectivity index (χ3v) is 5.60. The first-order valence-corrected chi connectivity index (χ1v) is 10.4. The molecule has 146 valence electrons. The first-order chi connectivity index (χ1) is 13.4. The van der Waals surface area contributed by atoms with Crippen molar-refractivity contribution >= 4 is 27.2 Å². The second-order valence-electron chi connectivity index (χ2n) is 6.36. The van der Waals surface area contributed by atoms with E-state index in [2.05, 4.69) is 15.0 Å². The van der Waals surface area contributed by atoms with Crippen LogP contribution in [-0.4, -0.2) is 20.0 Å². The van der Waals surface area contributed by atoms with Crippen LogP contribution in [0.25, 0.3) is 0 Å². The molecule has 3 aromatic rings. The largest absolute Gasteiger partial charge is 0.492 e. The standard InChI is InChI=1S/C21H23N3O3S/c1-4-27-19-8-6-5-7-18(19)23-17-11-12-21(22-14-17)24-28(25,26)20-13-15(2)9-10-16(20)3/h5-14,23H,4H2,1-3H3,(H,22,24). The van der Waals surface area contributed by atoms with Gasteiger partial charge in [-0.3, -0.25) is 4.72 Å². The van der Waals surface area contributed by atoms with Crippen molar-refractivity contribution in [3.05, 3.63) is 71.9 Å². The maximum absolute atomic E-state index is 12.7. The molecule has 0 aliphatic rings. The number of pyridine rings is 1. The van der Waals surface area contributed by atoms with Crippen molar-refractivity contribution in [1.82, 2.24) is 4.98 Å². The average Bonchev–Trinajstić information content (AvgIpc) is 2.67. The fourth-order valence-corrected chi connectivity index (χ4v) is 4.06. The first-order valence-electron chi connectivity index (χ1n) is 8.94. The summed E-state index contributed by atoms with van der Waals surface area (Å²) in [5.41, 5.74) is 3.10. The molecule has 2 N–H and O–H groups in total. The maximum atomic E-state index is 12.7. The van der Waals surface area contributed by atoms with E-state index in [1.165, 1.54) is 0 Å². The number of rotatable bonds is 7. The summed E-state index contributed by atoms with van der Waals surface area (Å²) in [4.78, 5) is 4.47. The highest BCUT2D eigenvalue weighted by Gasteiger charge is 2.17. The fourth-order valence-electron chi connectivity index (χ4n) is 2.72. The molecule has 28 heavy (non-hydrogen) atoms. The van der Waals surface area contributed by atoms with Gasteiger partial charge in [-0.15, -0.1) is 0 Å². The molecule has 0 bridgehead atoms. The van der Waals surface area contributed by atoms with Crippen LogP contribution in [0.15, 0.2) is 65.7 Å². The summed E-state index contributed by atoms with van der Waals surface area (Å²) >= 11 is 0. The molecule has 2 aromatic carbocycles. The van der Waals surface area contributed by atoms with E-state index in [0.717, 1.165) is 22.7 Å². The highest BCUT2D eigenvalue weighted by molar-refractivity contribution is 7.92. The van der Waals surface area contributed by atoms with Crippen LogP contribution >= 0.6 is 0 Å². The minimum atomic E-state index is -3.71. The van der Waals surface area contributed by atoms with Crippen molar-refractivity contribution in [2.75, 3.05) is 16.6 Å². The first kappa shape index (κ1) is 19.7. The molecule has 0 radical (unpaired) electrons. The molecule has 0 spiro atoms. The van der Waals surface area contributed by atoms with Gasteiger partial charge in [0.1, 0.15) is 11.6 Å². The van der Waals surface area contributed by atoms with Crippen LogP contribution in [0.3, 0.4) is 0 Å². The molecule has 6 nitrogen and oxygen atoms in total. The van der Waals surface area contributed by atoms with Gasteiger partial charge in [0.15, 0.2) is 0 Å². The van der Waals surface area contributed by atoms with E-state index in [9.17, 15) is 8.42 Å². The van der Waals surface area contributed by atoms with E-state index in [0.29, 0.717) is 12.2 Å². The number of hydrogen-bond acceptors (Lipinski definition) is 5. The van der Waals surface area contributed by atoms with Gasteiger partial charge < -0.3 is 10.1 Å². The Hall–Kier alpha value is -3.06. The van der Waals surface area contributed by atoms with Gasteiger partial charge in [0.25, 0.3) is 10.0 Å². The fraction of sp³-hybridized carbons (Fsp3) is 0.190. The quantitative estimate of drug-likeness (QED) is 0.607. The van der Waals surface area contributed by atoms with Gasteiger partial charge in [0, 0.05) is 0 Å². The SMILES string of the molecule is CCOc1ccccc1Nc1ccc(NS(=O)(=O)c2cc(C)ccc2C)nc1. The Kier molecular flexibility index (Phi) is 5.84. The van der Waals surface area contributed by atoms with Crippen molar-refractivity contribution in [3.8, 4) is 5.75 Å². The van der Waals surface area contributed by atoms with Gasteiger partial charge >= 0.3 is 0 Å². The summed E-state index contributed by atoms with van der Waals surface area (Å²) in [6.07, 6.45) is 1.57. The number of anilines is 3. The second-order valence-corrected chi connectivity index (χ2v) is 8.01. The van der Waals surface area contributed by atoms with E-state index >= 15 is 0 Å². The van der Waals surface area contributed by atoms with Gasteiger partial charge in [-0.1, -0.05) is 24.3 Å². The molecule has 1 aromatic heterocycles. The minimum Gasteiger partial charge on any atom is -0.492 e. The van der Waals surface area contributed by atoms with E-state index < -0.39 is 10.0 Å². The van der Waals surface area contributed by atoms with Crippen molar-refractivity contribution in [2.45, 2.75) is 25.7 Å². The van der Waals surface area contributed by atoms with Crippen LogP contribution in [0.2, 0.25) is 0 Å². The summed E-state index contributed by atoms with van der Waals surface area (Å²) in [5, 5.41) is 3.23. The maximum Gasteiger partial charge on any atom is 0.263 e. The van der Waals surface area contributed by atoms with Crippen molar-refractivity contribution < 1.29 is 13.2 Å². The summed E-state index contributed by atoms with van der Waals surface area (Å²) in [7, 11) is -3.71. The highest BCUT2D eigenvalue weighted by atomic mass is 32.2. The predicted octanol–water partition coefficient (Wildman–Crippen LogP) is 4.64. The number of nitrogens with zero attached hydrogens (tertiary/aromatic N) is 1. The minimum absolute atomic E-state index is 0.252. The monoisotopic (exact) mass is 397 g/mol. The molecule has 1 heterocycles. The highest BCUT2D eigenvalue weighted by Crippen LogP contribution is 2.27. The lowest BCUT2D eigenvalue weighted by molar-refractivity contribution is 0.342. The van der Waals surface area contributed by atoms with Crippen molar-refractivity contribution in [2.24, 2.45) is 0 Å². The van der Waals surface area contributed by atoms with Crippen LogP contribution in [0, 0.1) is 13.8 Å². The molecule has 0 aliphatic carbocycles. The molecule has 0 saturated carbocycles. The van der Waals surface area contributed by atoms with E-state index in [1.54, 1.807) is 37.4 Å². The number of hydrogen-bond donors (Lipinski definition) is 2. The molecule has 0 fully saturated rings. The lowest BCUT2D eigenvalue weighted by Crippen LogP contribution is -2.15. The molecule has 0 amide bonds. The number of aromatic nitrogens is 1. The topological polar surface area (TPSA) is 80.3 Å². The van der Waals surface area contributed by atoms with Gasteiger partial charge in [-0.05, 0) is 62.2 Å². The molecule has 0 saturated heterocycles. The zero-order valence-corrected chi connectivity index (χ0v) is 16.9. The Morgan fingerprint density at radius 2 is 1.82 bits per heavy atom. The zero-order chi connectivity index (χ0) is 20.1. The molecule has 0 aliphatic heterocycles. The van der Waals surface area contributed by atoms with Gasteiger partial charge in [0.2, 0.25) is 0 Å². The van der Waals surface area contributed by atoms with Crippen LogP contribution in [0.5, 0.6) is 5.75 Å². The van der Waals surface area contributed by atoms with E-state index in [1.807, 2.05) is 44.2 Å². The lowest BCUT2D eigenvalue weighted by Gasteiger charge is -2.13. The lowest BCUT2D eigenvalue weighted by atomic mass is 10.2. The normalized spacial score (nSPS) is 11.1. The van der Waals surface area contributed by atoms with Crippen molar-refractivity contribution in [1.29, 1.82) is 0 Å². The number of ether oxygens (including phenoxy) is 1. The Morgan fingerprint density at radius 3 is 2.54 bits per heavy atom. The summed E-state index contributed by atoms with van der Waals surface area (Å²) in [6.45, 7) is 6.12. The van der Waals surface area contributed by atoms with Crippen LogP contribution in [0.4, 0.5) is 17.2 Å². The average molecular weight is 398 g/mol. The number of nitrogens with one attached hydrogen (secondary N) is 2. The molecule has 0 atom stereocenters. The summed E-state index contributed by atoms with van der Waals surface area (Å²) in [6, 6.07) is 16.3. The summed E-state index contributed by atoms with van der Waals surface area (Å²) in [5.74, 6) is 0.995. The Labute approximate surface area is 165 Å². The van der Waals surface area contributed by atoms with Crippen LogP contribution < -0.4 is 14.8 Å². The van der Waals surface area contributed by atoms with E-state index in [4.69, 9.17) is 4.74 Å².